The van der Waals surface area contributed by atoms with Crippen molar-refractivity contribution in [2.45, 2.75) is 37.5 Å². The largest absolute Gasteiger partial charge is 0.497 e. The molecule has 2 unspecified atom stereocenters. The van der Waals surface area contributed by atoms with Gasteiger partial charge in [-0.15, -0.1) is 0 Å². The topological polar surface area (TPSA) is 74.9 Å². The number of rotatable bonds is 6. The highest BCUT2D eigenvalue weighted by Gasteiger charge is 2.32. The Balaban J connectivity index is 1.26. The summed E-state index contributed by atoms with van der Waals surface area (Å²) >= 11 is 0. The van der Waals surface area contributed by atoms with Crippen LogP contribution < -0.4 is 25.6 Å². The molecule has 8 heteroatoms. The van der Waals surface area contributed by atoms with E-state index in [9.17, 15) is 9.18 Å². The summed E-state index contributed by atoms with van der Waals surface area (Å²) < 4.78 is 24.0. The van der Waals surface area contributed by atoms with Crippen LogP contribution in [0.3, 0.4) is 0 Å². The minimum atomic E-state index is -0.531. The predicted molar refractivity (Wildman–Crippen MR) is 115 cm³/mol. The maximum Gasteiger partial charge on any atom is 0.251 e. The van der Waals surface area contributed by atoms with E-state index in [-0.39, 0.29) is 29.9 Å². The second-order valence-corrected chi connectivity index (χ2v) is 8.00. The maximum atomic E-state index is 13.9. The first-order chi connectivity index (χ1) is 15.1. The minimum Gasteiger partial charge on any atom is -0.497 e. The highest BCUT2D eigenvalue weighted by atomic mass is 19.1. The van der Waals surface area contributed by atoms with Gasteiger partial charge in [-0.3, -0.25) is 9.69 Å². The SMILES string of the molecule is COc1ccc(C2CC(N3CCC(NC(=O)c4ccc(OC)c(F)c4)CC3)NN2)cc1. The van der Waals surface area contributed by atoms with E-state index in [1.165, 1.54) is 24.8 Å². The number of carbonyl (C=O) groups excluding carboxylic acids is 1. The van der Waals surface area contributed by atoms with Crippen LogP contribution in [0.2, 0.25) is 0 Å². The van der Waals surface area contributed by atoms with Gasteiger partial charge in [-0.05, 0) is 55.2 Å². The number of carbonyl (C=O) groups is 1. The van der Waals surface area contributed by atoms with Crippen molar-refractivity contribution >= 4 is 5.91 Å². The summed E-state index contributed by atoms with van der Waals surface area (Å²) in [6.07, 6.45) is 2.93. The fourth-order valence-corrected chi connectivity index (χ4v) is 4.27. The van der Waals surface area contributed by atoms with E-state index >= 15 is 0 Å². The van der Waals surface area contributed by atoms with Gasteiger partial charge in [-0.1, -0.05) is 12.1 Å². The fraction of sp³-hybridized carbons (Fsp3) is 0.435. The summed E-state index contributed by atoms with van der Waals surface area (Å²) in [5.41, 5.74) is 8.33. The lowest BCUT2D eigenvalue weighted by Crippen LogP contribution is -2.51. The normalized spacial score (nSPS) is 22.3. The predicted octanol–water partition coefficient (Wildman–Crippen LogP) is 2.60. The molecule has 2 aromatic carbocycles. The molecule has 2 aliphatic rings. The Bertz CT molecular complexity index is 900. The Morgan fingerprint density at radius 1 is 1.06 bits per heavy atom. The number of hydrazine groups is 1. The van der Waals surface area contributed by atoms with E-state index in [2.05, 4.69) is 33.2 Å². The molecule has 4 rings (SSSR count). The molecule has 2 fully saturated rings. The van der Waals surface area contributed by atoms with E-state index in [4.69, 9.17) is 9.47 Å². The molecule has 0 spiro atoms. The molecule has 3 N–H and O–H groups in total. The number of amides is 1. The number of piperidine rings is 1. The molecular weight excluding hydrogens is 399 g/mol. The number of halogens is 1. The summed E-state index contributed by atoms with van der Waals surface area (Å²) in [5, 5.41) is 3.04. The highest BCUT2D eigenvalue weighted by molar-refractivity contribution is 5.94. The van der Waals surface area contributed by atoms with Crippen molar-refractivity contribution in [3.63, 3.8) is 0 Å². The van der Waals surface area contributed by atoms with Gasteiger partial charge in [0.05, 0.1) is 20.4 Å². The fourth-order valence-electron chi connectivity index (χ4n) is 4.27. The van der Waals surface area contributed by atoms with Crippen molar-refractivity contribution in [1.82, 2.24) is 21.1 Å². The molecular formula is C23H29FN4O3. The molecule has 7 nitrogen and oxygen atoms in total. The van der Waals surface area contributed by atoms with Gasteiger partial charge in [0.15, 0.2) is 11.6 Å². The van der Waals surface area contributed by atoms with Gasteiger partial charge >= 0.3 is 0 Å². The second kappa shape index (κ2) is 9.64. The first kappa shape index (κ1) is 21.5. The van der Waals surface area contributed by atoms with Crippen LogP contribution in [0.5, 0.6) is 11.5 Å². The van der Waals surface area contributed by atoms with Crippen molar-refractivity contribution in [3.05, 3.63) is 59.4 Å². The zero-order valence-electron chi connectivity index (χ0n) is 17.9. The maximum absolute atomic E-state index is 13.9. The molecule has 2 saturated heterocycles. The van der Waals surface area contributed by atoms with E-state index in [1.807, 2.05) is 12.1 Å². The molecule has 0 bridgehead atoms. The number of benzene rings is 2. The highest BCUT2D eigenvalue weighted by Crippen LogP contribution is 2.27. The molecule has 0 aliphatic carbocycles. The van der Waals surface area contributed by atoms with Crippen LogP contribution in [0.25, 0.3) is 0 Å². The van der Waals surface area contributed by atoms with Crippen molar-refractivity contribution < 1.29 is 18.7 Å². The first-order valence-electron chi connectivity index (χ1n) is 10.6. The van der Waals surface area contributed by atoms with Crippen LogP contribution >= 0.6 is 0 Å². The van der Waals surface area contributed by atoms with Crippen molar-refractivity contribution in [3.8, 4) is 11.5 Å². The van der Waals surface area contributed by atoms with E-state index in [0.717, 1.165) is 38.1 Å². The van der Waals surface area contributed by atoms with Gasteiger partial charge in [-0.2, -0.15) is 0 Å². The van der Waals surface area contributed by atoms with E-state index < -0.39 is 5.82 Å². The molecule has 2 aromatic rings. The van der Waals surface area contributed by atoms with Crippen LogP contribution in [0.4, 0.5) is 4.39 Å². The Morgan fingerprint density at radius 3 is 2.45 bits per heavy atom. The lowest BCUT2D eigenvalue weighted by Gasteiger charge is -2.35. The standard InChI is InChI=1S/C23H29FN4O3/c1-30-18-6-3-15(4-7-18)20-14-22(27-26-20)28-11-9-17(10-12-28)25-23(29)16-5-8-21(31-2)19(24)13-16/h3-8,13,17,20,22,26-27H,9-12,14H2,1-2H3,(H,25,29). The summed E-state index contributed by atoms with van der Waals surface area (Å²) in [4.78, 5) is 14.9. The number of nitrogens with one attached hydrogen (secondary N) is 3. The van der Waals surface area contributed by atoms with Gasteiger partial charge in [-0.25, -0.2) is 15.2 Å². The molecule has 166 valence electrons. The lowest BCUT2D eigenvalue weighted by molar-refractivity contribution is 0.0879. The molecule has 0 saturated carbocycles. The third-order valence-corrected chi connectivity index (χ3v) is 6.12. The zero-order chi connectivity index (χ0) is 21.8. The molecule has 2 aliphatic heterocycles. The third-order valence-electron chi connectivity index (χ3n) is 6.12. The van der Waals surface area contributed by atoms with Crippen LogP contribution in [-0.2, 0) is 0 Å². The minimum absolute atomic E-state index is 0.0839. The number of likely N-dealkylation sites (tertiary alicyclic amines) is 1. The van der Waals surface area contributed by atoms with Crippen molar-refractivity contribution in [2.75, 3.05) is 27.3 Å². The summed E-state index contributed by atoms with van der Waals surface area (Å²) in [6, 6.07) is 12.7. The summed E-state index contributed by atoms with van der Waals surface area (Å²) in [7, 11) is 3.07. The first-order valence-corrected chi connectivity index (χ1v) is 10.6. The number of ether oxygens (including phenoxy) is 2. The van der Waals surface area contributed by atoms with Crippen LogP contribution in [0.15, 0.2) is 42.5 Å². The Kier molecular flexibility index (Phi) is 6.70. The Labute approximate surface area is 181 Å². The molecule has 2 heterocycles. The zero-order valence-corrected chi connectivity index (χ0v) is 17.9. The number of methoxy groups -OCH3 is 2. The Hall–Kier alpha value is -2.68. The van der Waals surface area contributed by atoms with Gasteiger partial charge in [0.1, 0.15) is 5.75 Å². The van der Waals surface area contributed by atoms with Crippen LogP contribution in [-0.4, -0.2) is 50.3 Å². The van der Waals surface area contributed by atoms with Gasteiger partial charge in [0, 0.05) is 30.7 Å². The average molecular weight is 429 g/mol. The Morgan fingerprint density at radius 2 is 1.81 bits per heavy atom. The van der Waals surface area contributed by atoms with Gasteiger partial charge in [0.2, 0.25) is 0 Å². The summed E-state index contributed by atoms with van der Waals surface area (Å²) in [5.74, 6) is 0.208. The van der Waals surface area contributed by atoms with Crippen molar-refractivity contribution in [2.24, 2.45) is 0 Å². The smallest absolute Gasteiger partial charge is 0.251 e. The summed E-state index contributed by atoms with van der Waals surface area (Å²) in [6.45, 7) is 1.77. The monoisotopic (exact) mass is 428 g/mol. The number of nitrogens with zero attached hydrogens (tertiary/aromatic N) is 1. The molecule has 1 amide bonds. The lowest BCUT2D eigenvalue weighted by atomic mass is 10.0. The van der Waals surface area contributed by atoms with E-state index in [1.54, 1.807) is 13.2 Å². The molecule has 31 heavy (non-hydrogen) atoms. The third kappa shape index (κ3) is 4.98. The quantitative estimate of drug-likeness (QED) is 0.657. The van der Waals surface area contributed by atoms with Gasteiger partial charge in [0.25, 0.3) is 5.91 Å². The molecule has 0 radical (unpaired) electrons. The number of hydrogen-bond donors (Lipinski definition) is 3. The number of hydrogen-bond acceptors (Lipinski definition) is 6. The van der Waals surface area contributed by atoms with Crippen LogP contribution in [0, 0.1) is 5.82 Å². The molecule has 2 atom stereocenters. The molecule has 0 aromatic heterocycles. The second-order valence-electron chi connectivity index (χ2n) is 8.00. The van der Waals surface area contributed by atoms with Gasteiger partial charge < -0.3 is 14.8 Å². The van der Waals surface area contributed by atoms with Crippen molar-refractivity contribution in [1.29, 1.82) is 0 Å². The average Bonchev–Trinajstić information content (AvgIpc) is 3.30. The van der Waals surface area contributed by atoms with E-state index in [0.29, 0.717) is 5.56 Å². The van der Waals surface area contributed by atoms with Crippen LogP contribution in [0.1, 0.15) is 41.2 Å².